The van der Waals surface area contributed by atoms with Gasteiger partial charge in [-0.15, -0.1) is 0 Å². The molecule has 0 aliphatic heterocycles. The number of pyridine rings is 1. The molecule has 0 aliphatic carbocycles. The topological polar surface area (TPSA) is 22.1 Å². The highest BCUT2D eigenvalue weighted by molar-refractivity contribution is 5.80. The van der Waals surface area contributed by atoms with Crippen LogP contribution in [0.5, 0.6) is 5.88 Å². The lowest BCUT2D eigenvalue weighted by Gasteiger charge is -2.09. The highest BCUT2D eigenvalue weighted by Crippen LogP contribution is 2.24. The maximum Gasteiger partial charge on any atom is 0.217 e. The van der Waals surface area contributed by atoms with E-state index in [1.165, 1.54) is 0 Å². The summed E-state index contributed by atoms with van der Waals surface area (Å²) in [5.74, 6) is 0.678. The number of fused-ring (bicyclic) bond motifs is 1. The second-order valence-corrected chi connectivity index (χ2v) is 4.50. The Morgan fingerprint density at radius 1 is 1.17 bits per heavy atom. The van der Waals surface area contributed by atoms with Gasteiger partial charge in [0.15, 0.2) is 0 Å². The predicted molar refractivity (Wildman–Crippen MR) is 108 cm³/mol. The van der Waals surface area contributed by atoms with E-state index in [-0.39, 0.29) is 0 Å². The second-order valence-electron chi connectivity index (χ2n) is 4.50. The molecule has 0 radical (unpaired) electrons. The van der Waals surface area contributed by atoms with Crippen molar-refractivity contribution >= 4 is 10.9 Å². The fourth-order valence-corrected chi connectivity index (χ4v) is 2.08. The van der Waals surface area contributed by atoms with Crippen molar-refractivity contribution in [1.82, 2.24) is 4.98 Å². The number of aromatic nitrogens is 1. The van der Waals surface area contributed by atoms with E-state index < -0.39 is 0 Å². The number of ether oxygens (including phenoxy) is 1. The molecular formula is C22H31NO. The van der Waals surface area contributed by atoms with Gasteiger partial charge in [0.25, 0.3) is 0 Å². The Morgan fingerprint density at radius 2 is 1.83 bits per heavy atom. The van der Waals surface area contributed by atoms with E-state index in [4.69, 9.17) is 4.74 Å². The Morgan fingerprint density at radius 3 is 2.42 bits per heavy atom. The number of hydrogen-bond donors (Lipinski definition) is 0. The van der Waals surface area contributed by atoms with Crippen molar-refractivity contribution in [2.45, 2.75) is 41.0 Å². The van der Waals surface area contributed by atoms with Crippen LogP contribution in [0.4, 0.5) is 0 Å². The fourth-order valence-electron chi connectivity index (χ4n) is 2.08. The van der Waals surface area contributed by atoms with Gasteiger partial charge < -0.3 is 4.74 Å². The van der Waals surface area contributed by atoms with E-state index in [9.17, 15) is 0 Å². The van der Waals surface area contributed by atoms with Crippen LogP contribution in [0.3, 0.4) is 0 Å². The van der Waals surface area contributed by atoms with Crippen LogP contribution in [0.25, 0.3) is 10.9 Å². The summed E-state index contributed by atoms with van der Waals surface area (Å²) in [5, 5.41) is 1.12. The van der Waals surface area contributed by atoms with Crippen LogP contribution < -0.4 is 4.74 Å². The molecule has 2 heteroatoms. The van der Waals surface area contributed by atoms with Crippen molar-refractivity contribution in [2.75, 3.05) is 7.11 Å². The number of allylic oxidation sites excluding steroid dienone is 5. The van der Waals surface area contributed by atoms with Crippen LogP contribution in [0.2, 0.25) is 0 Å². The molecule has 0 aliphatic rings. The van der Waals surface area contributed by atoms with Crippen LogP contribution in [0, 0.1) is 0 Å². The molecule has 2 aromatic rings. The Kier molecular flexibility index (Phi) is 11.8. The third kappa shape index (κ3) is 6.41. The number of benzene rings is 1. The summed E-state index contributed by atoms with van der Waals surface area (Å²) in [6.07, 6.45) is 8.70. The third-order valence-electron chi connectivity index (χ3n) is 3.12. The van der Waals surface area contributed by atoms with Gasteiger partial charge in [-0.1, -0.05) is 76.8 Å². The summed E-state index contributed by atoms with van der Waals surface area (Å²) < 4.78 is 5.41. The Bertz CT molecular complexity index is 669. The molecule has 0 N–H and O–H groups in total. The van der Waals surface area contributed by atoms with Gasteiger partial charge in [0.2, 0.25) is 5.88 Å². The molecule has 0 fully saturated rings. The zero-order valence-corrected chi connectivity index (χ0v) is 16.0. The van der Waals surface area contributed by atoms with Gasteiger partial charge in [-0.05, 0) is 24.6 Å². The molecule has 1 aromatic carbocycles. The standard InChI is InChI=1S/C18H19NO.2C2H6/c1-4-6-9-14(5-2)12-16-13-15-10-7-8-11-17(15)19-18(16)20-3;2*1-2/h4-11,13H,2,12H2,1,3H3;2*1-2H3/b6-4-,14-9+;;. The maximum atomic E-state index is 5.41. The molecule has 0 bridgehead atoms. The molecule has 0 saturated heterocycles. The third-order valence-corrected chi connectivity index (χ3v) is 3.12. The van der Waals surface area contributed by atoms with Crippen molar-refractivity contribution in [3.63, 3.8) is 0 Å². The summed E-state index contributed by atoms with van der Waals surface area (Å²) >= 11 is 0. The lowest BCUT2D eigenvalue weighted by atomic mass is 10.0. The molecule has 0 atom stereocenters. The number of methoxy groups -OCH3 is 1. The minimum Gasteiger partial charge on any atom is -0.481 e. The normalized spacial score (nSPS) is 10.5. The average molecular weight is 325 g/mol. The summed E-state index contributed by atoms with van der Waals surface area (Å²) in [6.45, 7) is 13.9. The van der Waals surface area contributed by atoms with Gasteiger partial charge in [0.1, 0.15) is 0 Å². The Balaban J connectivity index is 0.00000123. The first-order valence-electron chi connectivity index (χ1n) is 8.65. The van der Waals surface area contributed by atoms with Crippen LogP contribution in [-0.2, 0) is 6.42 Å². The monoisotopic (exact) mass is 325 g/mol. The quantitative estimate of drug-likeness (QED) is 0.583. The van der Waals surface area contributed by atoms with Gasteiger partial charge in [-0.25, -0.2) is 4.98 Å². The lowest BCUT2D eigenvalue weighted by molar-refractivity contribution is 0.395. The lowest BCUT2D eigenvalue weighted by Crippen LogP contribution is -1.97. The largest absolute Gasteiger partial charge is 0.481 e. The highest BCUT2D eigenvalue weighted by Gasteiger charge is 2.08. The highest BCUT2D eigenvalue weighted by atomic mass is 16.5. The van der Waals surface area contributed by atoms with E-state index >= 15 is 0 Å². The molecule has 0 amide bonds. The molecule has 0 spiro atoms. The summed E-state index contributed by atoms with van der Waals surface area (Å²) in [6, 6.07) is 10.2. The molecule has 1 heterocycles. The van der Waals surface area contributed by atoms with E-state index in [1.807, 2.05) is 71.0 Å². The molecule has 24 heavy (non-hydrogen) atoms. The average Bonchev–Trinajstić information content (AvgIpc) is 2.67. The first-order chi connectivity index (χ1) is 11.8. The van der Waals surface area contributed by atoms with Gasteiger partial charge >= 0.3 is 0 Å². The van der Waals surface area contributed by atoms with Crippen LogP contribution in [0.15, 0.2) is 66.8 Å². The first-order valence-corrected chi connectivity index (χ1v) is 8.65. The minimum absolute atomic E-state index is 0.678. The zero-order chi connectivity index (χ0) is 18.4. The van der Waals surface area contributed by atoms with E-state index in [1.54, 1.807) is 7.11 Å². The number of nitrogens with zero attached hydrogens (tertiary/aromatic N) is 1. The van der Waals surface area contributed by atoms with Crippen LogP contribution in [0.1, 0.15) is 40.2 Å². The zero-order valence-electron chi connectivity index (χ0n) is 16.0. The van der Waals surface area contributed by atoms with Crippen LogP contribution in [-0.4, -0.2) is 12.1 Å². The summed E-state index contributed by atoms with van der Waals surface area (Å²) in [7, 11) is 1.66. The van der Waals surface area contributed by atoms with Crippen molar-refractivity contribution in [3.05, 3.63) is 72.4 Å². The fraction of sp³-hybridized carbons (Fsp3) is 0.318. The van der Waals surface area contributed by atoms with Gasteiger partial charge in [-0.2, -0.15) is 0 Å². The van der Waals surface area contributed by atoms with E-state index in [0.29, 0.717) is 5.88 Å². The predicted octanol–water partition coefficient (Wildman–Crippen LogP) is 6.53. The van der Waals surface area contributed by atoms with E-state index in [0.717, 1.165) is 28.5 Å². The smallest absolute Gasteiger partial charge is 0.217 e. The van der Waals surface area contributed by atoms with Crippen molar-refractivity contribution in [3.8, 4) is 5.88 Å². The van der Waals surface area contributed by atoms with Crippen molar-refractivity contribution < 1.29 is 4.74 Å². The van der Waals surface area contributed by atoms with Crippen molar-refractivity contribution in [1.29, 1.82) is 0 Å². The molecule has 130 valence electrons. The van der Waals surface area contributed by atoms with Gasteiger partial charge in [-0.3, -0.25) is 0 Å². The second kappa shape index (κ2) is 13.1. The number of para-hydroxylation sites is 1. The van der Waals surface area contributed by atoms with Crippen molar-refractivity contribution in [2.24, 2.45) is 0 Å². The minimum atomic E-state index is 0.678. The number of hydrogen-bond acceptors (Lipinski definition) is 2. The SMILES string of the molecule is C=C/C(=C\C=C/C)Cc1cc2ccccc2nc1OC.CC.CC. The molecule has 2 nitrogen and oxygen atoms in total. The maximum absolute atomic E-state index is 5.41. The summed E-state index contributed by atoms with van der Waals surface area (Å²) in [5.41, 5.74) is 3.16. The molecule has 1 aromatic heterocycles. The van der Waals surface area contributed by atoms with Gasteiger partial charge in [0, 0.05) is 17.4 Å². The van der Waals surface area contributed by atoms with Crippen LogP contribution >= 0.6 is 0 Å². The summed E-state index contributed by atoms with van der Waals surface area (Å²) in [4.78, 5) is 4.56. The van der Waals surface area contributed by atoms with E-state index in [2.05, 4.69) is 29.8 Å². The first kappa shape index (κ1) is 21.6. The Labute approximate surface area is 147 Å². The van der Waals surface area contributed by atoms with Gasteiger partial charge in [0.05, 0.1) is 12.6 Å². The molecule has 0 unspecified atom stereocenters. The number of rotatable bonds is 5. The molecule has 2 rings (SSSR count). The molecular weight excluding hydrogens is 294 g/mol. The Hall–Kier alpha value is -2.35. The molecule has 0 saturated carbocycles.